The first-order valence-electron chi connectivity index (χ1n) is 6.97. The average molecular weight is 301 g/mol. The van der Waals surface area contributed by atoms with E-state index in [-0.39, 0.29) is 6.42 Å². The second-order valence-electron chi connectivity index (χ2n) is 4.52. The van der Waals surface area contributed by atoms with Crippen molar-refractivity contribution in [2.24, 2.45) is 0 Å². The van der Waals surface area contributed by atoms with Crippen LogP contribution in [0.25, 0.3) is 0 Å². The van der Waals surface area contributed by atoms with E-state index in [2.05, 4.69) is 23.7 Å². The van der Waals surface area contributed by atoms with Crippen molar-refractivity contribution in [3.8, 4) is 11.8 Å². The van der Waals surface area contributed by atoms with Crippen molar-refractivity contribution in [1.29, 1.82) is 0 Å². The number of carboxylic acids is 1. The lowest BCUT2D eigenvalue weighted by molar-refractivity contribution is -0.160. The minimum absolute atomic E-state index is 0.270. The standard InChI is InChI=1S/C17H19NO4/c1-3-5-15(17(20)21)22-16(19)11-8-13-6-9-14(10-7-13)18-12-4-2/h4,6-7,9-10,15,18H,2-3,5,12H2,1H3,(H,20,21). The van der Waals surface area contributed by atoms with Crippen LogP contribution in [0.5, 0.6) is 0 Å². The van der Waals surface area contributed by atoms with Gasteiger partial charge in [-0.1, -0.05) is 25.3 Å². The van der Waals surface area contributed by atoms with Gasteiger partial charge in [-0.15, -0.1) is 6.58 Å². The average Bonchev–Trinajstić information content (AvgIpc) is 2.51. The first-order valence-corrected chi connectivity index (χ1v) is 6.97. The lowest BCUT2D eigenvalue weighted by atomic mass is 10.2. The van der Waals surface area contributed by atoms with Gasteiger partial charge in [0.05, 0.1) is 0 Å². The molecule has 0 saturated heterocycles. The van der Waals surface area contributed by atoms with E-state index >= 15 is 0 Å². The van der Waals surface area contributed by atoms with E-state index in [1.807, 2.05) is 19.1 Å². The van der Waals surface area contributed by atoms with Crippen molar-refractivity contribution in [2.45, 2.75) is 25.9 Å². The SMILES string of the molecule is C=CCNc1ccc(C#CC(=O)OC(CCC)C(=O)O)cc1. The third-order valence-electron chi connectivity index (χ3n) is 2.72. The van der Waals surface area contributed by atoms with E-state index in [0.29, 0.717) is 18.5 Å². The zero-order valence-electron chi connectivity index (χ0n) is 12.5. The monoisotopic (exact) mass is 301 g/mol. The van der Waals surface area contributed by atoms with Crippen molar-refractivity contribution >= 4 is 17.6 Å². The fourth-order valence-corrected chi connectivity index (χ4v) is 1.64. The fourth-order valence-electron chi connectivity index (χ4n) is 1.64. The summed E-state index contributed by atoms with van der Waals surface area (Å²) in [5.41, 5.74) is 1.56. The molecule has 0 aliphatic carbocycles. The number of rotatable bonds is 7. The molecule has 1 atom stereocenters. The van der Waals surface area contributed by atoms with Gasteiger partial charge >= 0.3 is 11.9 Å². The van der Waals surface area contributed by atoms with Gasteiger partial charge in [0.25, 0.3) is 0 Å². The molecule has 0 heterocycles. The molecule has 5 nitrogen and oxygen atoms in total. The van der Waals surface area contributed by atoms with Crippen LogP contribution in [0, 0.1) is 11.8 Å². The summed E-state index contributed by atoms with van der Waals surface area (Å²) in [6, 6.07) is 7.17. The van der Waals surface area contributed by atoms with Gasteiger partial charge in [-0.25, -0.2) is 9.59 Å². The Labute approximate surface area is 130 Å². The highest BCUT2D eigenvalue weighted by molar-refractivity contribution is 5.91. The van der Waals surface area contributed by atoms with E-state index in [9.17, 15) is 9.59 Å². The maximum atomic E-state index is 11.5. The molecule has 1 aromatic rings. The molecule has 22 heavy (non-hydrogen) atoms. The number of anilines is 1. The van der Waals surface area contributed by atoms with Crippen LogP contribution in [-0.2, 0) is 14.3 Å². The Balaban J connectivity index is 2.62. The normalized spacial score (nSPS) is 10.8. The molecular formula is C17H19NO4. The zero-order valence-corrected chi connectivity index (χ0v) is 12.5. The summed E-state index contributed by atoms with van der Waals surface area (Å²) in [7, 11) is 0. The van der Waals surface area contributed by atoms with Crippen LogP contribution in [-0.4, -0.2) is 29.7 Å². The second kappa shape index (κ2) is 9.24. The molecule has 0 bridgehead atoms. The van der Waals surface area contributed by atoms with Crippen LogP contribution in [0.2, 0.25) is 0 Å². The predicted molar refractivity (Wildman–Crippen MR) is 84.4 cm³/mol. The third kappa shape index (κ3) is 6.14. The molecular weight excluding hydrogens is 282 g/mol. The zero-order chi connectivity index (χ0) is 16.4. The number of nitrogens with one attached hydrogen (secondary N) is 1. The van der Waals surface area contributed by atoms with E-state index in [0.717, 1.165) is 5.69 Å². The van der Waals surface area contributed by atoms with Gasteiger partial charge in [-0.2, -0.15) is 0 Å². The molecule has 0 aliphatic heterocycles. The van der Waals surface area contributed by atoms with Crippen LogP contribution >= 0.6 is 0 Å². The second-order valence-corrected chi connectivity index (χ2v) is 4.52. The number of carbonyl (C=O) groups excluding carboxylic acids is 1. The number of hydrogen-bond acceptors (Lipinski definition) is 4. The van der Waals surface area contributed by atoms with Crippen LogP contribution in [0.3, 0.4) is 0 Å². The lowest BCUT2D eigenvalue weighted by Gasteiger charge is -2.09. The number of carbonyl (C=O) groups is 2. The molecule has 1 aromatic carbocycles. The number of carboxylic acid groups (broad SMARTS) is 1. The molecule has 0 amide bonds. The van der Waals surface area contributed by atoms with Crippen molar-refractivity contribution < 1.29 is 19.4 Å². The first-order chi connectivity index (χ1) is 10.6. The molecule has 1 rings (SSSR count). The molecule has 0 aromatic heterocycles. The van der Waals surface area contributed by atoms with Gasteiger partial charge in [0.2, 0.25) is 0 Å². The highest BCUT2D eigenvalue weighted by Gasteiger charge is 2.19. The molecule has 0 spiro atoms. The third-order valence-corrected chi connectivity index (χ3v) is 2.72. The Morgan fingerprint density at radius 1 is 1.41 bits per heavy atom. The summed E-state index contributed by atoms with van der Waals surface area (Å²) >= 11 is 0. The van der Waals surface area contributed by atoms with E-state index in [1.54, 1.807) is 18.2 Å². The molecule has 5 heteroatoms. The Morgan fingerprint density at radius 2 is 2.09 bits per heavy atom. The van der Waals surface area contributed by atoms with Crippen molar-refractivity contribution in [3.63, 3.8) is 0 Å². The maximum Gasteiger partial charge on any atom is 0.385 e. The van der Waals surface area contributed by atoms with Gasteiger partial charge in [0.1, 0.15) is 0 Å². The summed E-state index contributed by atoms with van der Waals surface area (Å²) in [6.45, 7) is 6.09. The fraction of sp³-hybridized carbons (Fsp3) is 0.294. The van der Waals surface area contributed by atoms with Crippen LogP contribution in [0.15, 0.2) is 36.9 Å². The number of ether oxygens (including phenoxy) is 1. The predicted octanol–water partition coefficient (Wildman–Crippen LogP) is 2.43. The van der Waals surface area contributed by atoms with Crippen LogP contribution in [0.4, 0.5) is 5.69 Å². The Hall–Kier alpha value is -2.74. The van der Waals surface area contributed by atoms with Gasteiger partial charge in [-0.3, -0.25) is 0 Å². The van der Waals surface area contributed by atoms with Gasteiger partial charge < -0.3 is 15.2 Å². The topological polar surface area (TPSA) is 75.6 Å². The molecule has 0 radical (unpaired) electrons. The smallest absolute Gasteiger partial charge is 0.385 e. The Kier molecular flexibility index (Phi) is 7.27. The molecule has 2 N–H and O–H groups in total. The molecule has 1 unspecified atom stereocenters. The number of aliphatic carboxylic acids is 1. The van der Waals surface area contributed by atoms with Gasteiger partial charge in [0.15, 0.2) is 6.10 Å². The minimum atomic E-state index is -1.16. The summed E-state index contributed by atoms with van der Waals surface area (Å²) in [6.07, 6.45) is 1.49. The highest BCUT2D eigenvalue weighted by Crippen LogP contribution is 2.08. The summed E-state index contributed by atoms with van der Waals surface area (Å²) in [5.74, 6) is 2.95. The highest BCUT2D eigenvalue weighted by atomic mass is 16.6. The quantitative estimate of drug-likeness (QED) is 0.459. The van der Waals surface area contributed by atoms with Crippen molar-refractivity contribution in [3.05, 3.63) is 42.5 Å². The number of esters is 1. The first kappa shape index (κ1) is 17.3. The largest absolute Gasteiger partial charge is 0.479 e. The Bertz CT molecular complexity index is 581. The van der Waals surface area contributed by atoms with Gasteiger partial charge in [0, 0.05) is 23.7 Å². The summed E-state index contributed by atoms with van der Waals surface area (Å²) in [5, 5.41) is 12.0. The van der Waals surface area contributed by atoms with E-state index in [1.165, 1.54) is 0 Å². The maximum absolute atomic E-state index is 11.5. The molecule has 0 fully saturated rings. The summed E-state index contributed by atoms with van der Waals surface area (Å²) in [4.78, 5) is 22.4. The van der Waals surface area contributed by atoms with Crippen molar-refractivity contribution in [1.82, 2.24) is 0 Å². The molecule has 0 aliphatic rings. The van der Waals surface area contributed by atoms with Crippen LogP contribution < -0.4 is 5.32 Å². The van der Waals surface area contributed by atoms with E-state index in [4.69, 9.17) is 9.84 Å². The summed E-state index contributed by atoms with van der Waals surface area (Å²) < 4.78 is 4.82. The molecule has 0 saturated carbocycles. The number of hydrogen-bond donors (Lipinski definition) is 2. The number of benzene rings is 1. The van der Waals surface area contributed by atoms with Gasteiger partial charge in [-0.05, 0) is 30.7 Å². The van der Waals surface area contributed by atoms with E-state index < -0.39 is 18.0 Å². The Morgan fingerprint density at radius 3 is 2.64 bits per heavy atom. The molecule has 116 valence electrons. The van der Waals surface area contributed by atoms with Crippen molar-refractivity contribution in [2.75, 3.05) is 11.9 Å². The van der Waals surface area contributed by atoms with Crippen LogP contribution in [0.1, 0.15) is 25.3 Å². The minimum Gasteiger partial charge on any atom is -0.479 e. The lowest BCUT2D eigenvalue weighted by Crippen LogP contribution is -2.26.